The first kappa shape index (κ1) is 15.9. The fourth-order valence-electron chi connectivity index (χ4n) is 0. The van der Waals surface area contributed by atoms with Gasteiger partial charge in [-0.1, -0.05) is 0 Å². The Morgan fingerprint density at radius 3 is 0.778 bits per heavy atom. The zero-order valence-electron chi connectivity index (χ0n) is 4.05. The van der Waals surface area contributed by atoms with Crippen LogP contribution in [0.25, 0.3) is 0 Å². The maximum absolute atomic E-state index is 8.25. The molecule has 0 saturated heterocycles. The Bertz CT molecular complexity index is 69.1. The van der Waals surface area contributed by atoms with Gasteiger partial charge < -0.3 is 30.6 Å². The van der Waals surface area contributed by atoms with Crippen molar-refractivity contribution in [3.63, 3.8) is 0 Å². The molecule has 8 nitrogen and oxygen atoms in total. The quantitative estimate of drug-likeness (QED) is 0.199. The largest absolute Gasteiger partial charge is 2.00 e. The first-order valence-corrected chi connectivity index (χ1v) is 1.10. The SMILES string of the molecule is O=[15N+]([O-])[O-].O=[15N+]([O-])[O-].[Ca+2]. The third-order valence-corrected chi connectivity index (χ3v) is 0. The fourth-order valence-corrected chi connectivity index (χ4v) is 0. The van der Waals surface area contributed by atoms with Gasteiger partial charge in [-0.2, -0.15) is 0 Å². The molecule has 0 rings (SSSR count). The molecule has 0 saturated carbocycles. The summed E-state index contributed by atoms with van der Waals surface area (Å²) < 4.78 is 0. The topological polar surface area (TPSA) is 132 Å². The van der Waals surface area contributed by atoms with Crippen LogP contribution in [0.2, 0.25) is 0 Å². The van der Waals surface area contributed by atoms with E-state index in [0.29, 0.717) is 0 Å². The second-order valence-corrected chi connectivity index (χ2v) is 0.447. The molecule has 0 spiro atoms. The van der Waals surface area contributed by atoms with E-state index in [1.54, 1.807) is 0 Å². The molecule has 0 heterocycles. The van der Waals surface area contributed by atoms with Gasteiger partial charge in [0.25, 0.3) is 0 Å². The Labute approximate surface area is 78.3 Å². The van der Waals surface area contributed by atoms with E-state index in [9.17, 15) is 0 Å². The number of hydrogen-bond donors (Lipinski definition) is 0. The van der Waals surface area contributed by atoms with Gasteiger partial charge in [-0.05, 0) is 0 Å². The van der Waals surface area contributed by atoms with Gasteiger partial charge in [-0.3, -0.25) is 0 Å². The minimum atomic E-state index is -1.75. The summed E-state index contributed by atoms with van der Waals surface area (Å²) in [5.74, 6) is 0. The van der Waals surface area contributed by atoms with Crippen LogP contribution in [0.1, 0.15) is 0 Å². The van der Waals surface area contributed by atoms with E-state index in [1.807, 2.05) is 0 Å². The summed E-state index contributed by atoms with van der Waals surface area (Å²) in [6.45, 7) is 0. The number of rotatable bonds is 0. The Kier molecular flexibility index (Phi) is 18.7. The minimum absolute atomic E-state index is 0. The summed E-state index contributed by atoms with van der Waals surface area (Å²) in [5, 5.41) is 29.5. The Morgan fingerprint density at radius 1 is 0.778 bits per heavy atom. The number of nitrogens with zero attached hydrogens (tertiary/aromatic N) is 2. The Balaban J connectivity index is -0.0000000720. The van der Waals surface area contributed by atoms with Crippen LogP contribution in [0.3, 0.4) is 0 Å². The summed E-state index contributed by atoms with van der Waals surface area (Å²) in [6, 6.07) is 0. The van der Waals surface area contributed by atoms with Crippen LogP contribution in [-0.4, -0.2) is 47.9 Å². The van der Waals surface area contributed by atoms with Crippen LogP contribution in [0.15, 0.2) is 0 Å². The molecule has 0 atom stereocenters. The molecule has 0 unspecified atom stereocenters. The van der Waals surface area contributed by atoms with E-state index in [1.165, 1.54) is 0 Å². The molecule has 0 N–H and O–H groups in total. The van der Waals surface area contributed by atoms with E-state index >= 15 is 0 Å². The molecule has 0 fully saturated rings. The average molecular weight is 166 g/mol. The van der Waals surface area contributed by atoms with Crippen LogP contribution >= 0.6 is 0 Å². The molecule has 0 aromatic rings. The van der Waals surface area contributed by atoms with Crippen LogP contribution in [0.5, 0.6) is 0 Å². The summed E-state index contributed by atoms with van der Waals surface area (Å²) in [5.41, 5.74) is 0. The van der Waals surface area contributed by atoms with Crippen LogP contribution < -0.4 is 0 Å². The second kappa shape index (κ2) is 10.6. The van der Waals surface area contributed by atoms with Crippen molar-refractivity contribution in [1.82, 2.24) is 0 Å². The van der Waals surface area contributed by atoms with Crippen molar-refractivity contribution < 1.29 is 10.2 Å². The van der Waals surface area contributed by atoms with Crippen LogP contribution in [-0.2, 0) is 0 Å². The molecule has 0 radical (unpaired) electrons. The van der Waals surface area contributed by atoms with Crippen molar-refractivity contribution in [2.75, 3.05) is 0 Å². The van der Waals surface area contributed by atoms with Crippen LogP contribution in [0.4, 0.5) is 0 Å². The summed E-state index contributed by atoms with van der Waals surface area (Å²) >= 11 is 0. The van der Waals surface area contributed by atoms with Crippen molar-refractivity contribution in [2.24, 2.45) is 0 Å². The molecule has 48 valence electrons. The standard InChI is InChI=1S/Ca.2NO3/c;2*2-1(3)4/q+2;2*-1/i;2*1+1. The van der Waals surface area contributed by atoms with Gasteiger partial charge in [0.15, 0.2) is 0 Å². The van der Waals surface area contributed by atoms with E-state index in [-0.39, 0.29) is 37.7 Å². The van der Waals surface area contributed by atoms with Crippen molar-refractivity contribution >= 4 is 37.7 Å². The monoisotopic (exact) mass is 166 g/mol. The third-order valence-electron chi connectivity index (χ3n) is 0. The first-order chi connectivity index (χ1) is 3.46. The van der Waals surface area contributed by atoms with Gasteiger partial charge in [0.2, 0.25) is 0 Å². The third kappa shape index (κ3) is 2120. The van der Waals surface area contributed by atoms with Crippen molar-refractivity contribution in [1.29, 1.82) is 0 Å². The molecule has 0 aliphatic heterocycles. The normalized spacial score (nSPS) is 5.33. The molecular formula is CaN2O6. The minimum Gasteiger partial charge on any atom is -0.356 e. The predicted molar refractivity (Wildman–Crippen MR) is 26.5 cm³/mol. The molecule has 0 aromatic heterocycles. The second-order valence-electron chi connectivity index (χ2n) is 0.447. The average Bonchev–Trinajstić information content (AvgIpc) is 1.25. The van der Waals surface area contributed by atoms with Crippen molar-refractivity contribution in [3.05, 3.63) is 30.6 Å². The van der Waals surface area contributed by atoms with Gasteiger partial charge in [0, 0.05) is 0 Å². The molecule has 0 aromatic carbocycles. The molecule has 9 heavy (non-hydrogen) atoms. The summed E-state index contributed by atoms with van der Waals surface area (Å²) in [7, 11) is 0. The maximum atomic E-state index is 8.25. The van der Waals surface area contributed by atoms with Crippen molar-refractivity contribution in [2.45, 2.75) is 0 Å². The molecule has 0 bridgehead atoms. The zero-order chi connectivity index (χ0) is 7.15. The molecule has 0 amide bonds. The first-order valence-electron chi connectivity index (χ1n) is 1.10. The predicted octanol–water partition coefficient (Wildman–Crippen LogP) is -0.859. The van der Waals surface area contributed by atoms with Gasteiger partial charge in [-0.15, -0.1) is 0 Å². The van der Waals surface area contributed by atoms with E-state index in [4.69, 9.17) is 30.6 Å². The van der Waals surface area contributed by atoms with Crippen LogP contribution in [0, 0.1) is 30.6 Å². The Morgan fingerprint density at radius 2 is 0.778 bits per heavy atom. The van der Waals surface area contributed by atoms with E-state index in [2.05, 4.69) is 0 Å². The zero-order valence-corrected chi connectivity index (χ0v) is 6.26. The molecule has 9 heteroatoms. The van der Waals surface area contributed by atoms with Gasteiger partial charge in [0.05, 0.1) is 10.2 Å². The fraction of sp³-hybridized carbons (Fsp3) is 0. The molecule has 0 aliphatic rings. The van der Waals surface area contributed by atoms with E-state index in [0.717, 1.165) is 0 Å². The van der Waals surface area contributed by atoms with Gasteiger partial charge in [-0.25, -0.2) is 0 Å². The molecular weight excluding hydrogens is 166 g/mol. The number of hydrogen-bond acceptors (Lipinski definition) is 6. The smallest absolute Gasteiger partial charge is 0.356 e. The molecule has 0 aliphatic carbocycles. The Hall–Kier alpha value is -0.340. The van der Waals surface area contributed by atoms with E-state index < -0.39 is 10.2 Å². The van der Waals surface area contributed by atoms with Gasteiger partial charge >= 0.3 is 37.7 Å². The van der Waals surface area contributed by atoms with Crippen molar-refractivity contribution in [3.8, 4) is 0 Å². The summed E-state index contributed by atoms with van der Waals surface area (Å²) in [6.07, 6.45) is 0. The van der Waals surface area contributed by atoms with Gasteiger partial charge in [0.1, 0.15) is 0 Å². The maximum Gasteiger partial charge on any atom is 2.00 e. The summed E-state index contributed by atoms with van der Waals surface area (Å²) in [4.78, 5) is 16.5.